The lowest BCUT2D eigenvalue weighted by Crippen LogP contribution is -2.24. The molecule has 3 aromatic rings. The summed E-state index contributed by atoms with van der Waals surface area (Å²) in [5.41, 5.74) is 2.10. The first-order valence-electron chi connectivity index (χ1n) is 11.4. The van der Waals surface area contributed by atoms with Gasteiger partial charge in [-0.05, 0) is 59.5 Å². The van der Waals surface area contributed by atoms with Crippen molar-refractivity contribution in [3.63, 3.8) is 0 Å². The molecule has 0 atom stereocenters. The minimum Gasteiger partial charge on any atom is -0.497 e. The Hall–Kier alpha value is -4.34. The van der Waals surface area contributed by atoms with Gasteiger partial charge in [0, 0.05) is 31.3 Å². The fourth-order valence-electron chi connectivity index (χ4n) is 3.54. The van der Waals surface area contributed by atoms with Gasteiger partial charge in [-0.1, -0.05) is 18.2 Å². The maximum Gasteiger partial charge on any atom is 0.417 e. The molecule has 192 valence electrons. The Labute approximate surface area is 211 Å². The number of benzene rings is 2. The Morgan fingerprint density at radius 3 is 2.49 bits per heavy atom. The molecule has 1 aromatic heterocycles. The zero-order chi connectivity index (χ0) is 26.3. The standard InChI is InChI=1S/C27H24F3N3O4/c1-35-23-9-4-19-5-10-25(33-26(34)31-14-12-20(19)16-23)36-15-13-18-2-7-22(8-3-18)37-24-11-6-21(17-32-24)27(28,29)30/h2-11,16-17H,12-15H2,1H3,(H,31,34). The molecule has 1 N–H and O–H groups in total. The fourth-order valence-corrected chi connectivity index (χ4v) is 3.54. The molecule has 0 fully saturated rings. The molecule has 37 heavy (non-hydrogen) atoms. The number of methoxy groups -OCH3 is 1. The summed E-state index contributed by atoms with van der Waals surface area (Å²) >= 11 is 0. The van der Waals surface area contributed by atoms with Crippen LogP contribution in [0.1, 0.15) is 22.3 Å². The Kier molecular flexibility index (Phi) is 8.07. The molecule has 0 aliphatic carbocycles. The fraction of sp³-hybridized carbons (Fsp3) is 0.222. The first-order valence-corrected chi connectivity index (χ1v) is 11.4. The lowest BCUT2D eigenvalue weighted by molar-refractivity contribution is -0.137. The number of fused-ring (bicyclic) bond motifs is 1. The smallest absolute Gasteiger partial charge is 0.417 e. The van der Waals surface area contributed by atoms with Gasteiger partial charge >= 0.3 is 12.2 Å². The quantitative estimate of drug-likeness (QED) is 0.450. The van der Waals surface area contributed by atoms with Gasteiger partial charge in [0.25, 0.3) is 0 Å². The highest BCUT2D eigenvalue weighted by molar-refractivity contribution is 5.99. The van der Waals surface area contributed by atoms with Crippen LogP contribution in [-0.2, 0) is 23.8 Å². The topological polar surface area (TPSA) is 82.0 Å². The molecule has 0 saturated carbocycles. The monoisotopic (exact) mass is 511 g/mol. The molecule has 0 radical (unpaired) electrons. The van der Waals surface area contributed by atoms with E-state index in [0.29, 0.717) is 25.1 Å². The summed E-state index contributed by atoms with van der Waals surface area (Å²) in [5.74, 6) is 1.42. The third kappa shape index (κ3) is 7.33. The van der Waals surface area contributed by atoms with Crippen molar-refractivity contribution in [2.24, 2.45) is 4.99 Å². The van der Waals surface area contributed by atoms with Crippen molar-refractivity contribution in [3.05, 3.63) is 89.1 Å². The van der Waals surface area contributed by atoms with E-state index in [0.717, 1.165) is 34.7 Å². The SMILES string of the molecule is COc1ccc2c(c1)CCNC(=O)N=C(OCCc1ccc(Oc3ccc(C(F)(F)F)cn3)cc1)C=C2. The summed E-state index contributed by atoms with van der Waals surface area (Å²) in [5, 5.41) is 2.75. The normalized spacial score (nSPS) is 13.7. The molecule has 0 saturated heterocycles. The van der Waals surface area contributed by atoms with E-state index in [2.05, 4.69) is 15.3 Å². The summed E-state index contributed by atoms with van der Waals surface area (Å²) in [4.78, 5) is 19.8. The molecule has 1 aliphatic heterocycles. The van der Waals surface area contributed by atoms with Crippen molar-refractivity contribution in [3.8, 4) is 17.4 Å². The number of carbonyl (C=O) groups excluding carboxylic acids is 1. The molecular formula is C27H24F3N3O4. The molecule has 7 nitrogen and oxygen atoms in total. The molecule has 1 aliphatic rings. The van der Waals surface area contributed by atoms with Gasteiger partial charge in [-0.2, -0.15) is 18.2 Å². The van der Waals surface area contributed by atoms with Crippen LogP contribution < -0.4 is 14.8 Å². The third-order valence-electron chi connectivity index (χ3n) is 5.49. The minimum absolute atomic E-state index is 0.0585. The number of hydrogen-bond donors (Lipinski definition) is 1. The summed E-state index contributed by atoms with van der Waals surface area (Å²) in [6.07, 6.45) is 0.961. The molecule has 0 bridgehead atoms. The summed E-state index contributed by atoms with van der Waals surface area (Å²) in [6, 6.07) is 14.3. The van der Waals surface area contributed by atoms with E-state index in [-0.39, 0.29) is 18.4 Å². The Bertz CT molecular complexity index is 1290. The van der Waals surface area contributed by atoms with Crippen LogP contribution in [0.2, 0.25) is 0 Å². The Morgan fingerprint density at radius 2 is 1.78 bits per heavy atom. The molecule has 2 aromatic carbocycles. The number of nitrogens with one attached hydrogen (secondary N) is 1. The lowest BCUT2D eigenvalue weighted by Gasteiger charge is -2.12. The highest BCUT2D eigenvalue weighted by Gasteiger charge is 2.30. The number of alkyl halides is 3. The van der Waals surface area contributed by atoms with Crippen LogP contribution in [0, 0.1) is 0 Å². The molecule has 0 unspecified atom stereocenters. The van der Waals surface area contributed by atoms with Gasteiger partial charge in [-0.15, -0.1) is 0 Å². The molecule has 4 rings (SSSR count). The van der Waals surface area contributed by atoms with Gasteiger partial charge in [0.15, 0.2) is 0 Å². The van der Waals surface area contributed by atoms with Crippen LogP contribution in [0.25, 0.3) is 6.08 Å². The van der Waals surface area contributed by atoms with E-state index in [4.69, 9.17) is 14.2 Å². The van der Waals surface area contributed by atoms with Crippen molar-refractivity contribution in [2.75, 3.05) is 20.3 Å². The largest absolute Gasteiger partial charge is 0.497 e. The highest BCUT2D eigenvalue weighted by Crippen LogP contribution is 2.30. The van der Waals surface area contributed by atoms with Gasteiger partial charge in [0.2, 0.25) is 11.8 Å². The average Bonchev–Trinajstić information content (AvgIpc) is 2.88. The van der Waals surface area contributed by atoms with Crippen LogP contribution in [0.15, 0.2) is 71.9 Å². The van der Waals surface area contributed by atoms with Crippen LogP contribution in [0.3, 0.4) is 0 Å². The molecular weight excluding hydrogens is 487 g/mol. The first-order chi connectivity index (χ1) is 17.8. The van der Waals surface area contributed by atoms with Gasteiger partial charge in [0.05, 0.1) is 19.3 Å². The second-order valence-corrected chi connectivity index (χ2v) is 8.06. The maximum atomic E-state index is 12.7. The number of pyridine rings is 1. The highest BCUT2D eigenvalue weighted by atomic mass is 19.4. The zero-order valence-electron chi connectivity index (χ0n) is 19.9. The Balaban J connectivity index is 1.34. The van der Waals surface area contributed by atoms with Gasteiger partial charge in [-0.25, -0.2) is 9.78 Å². The summed E-state index contributed by atoms with van der Waals surface area (Å²) in [7, 11) is 1.61. The molecule has 2 amide bonds. The average molecular weight is 512 g/mol. The minimum atomic E-state index is -4.45. The first kappa shape index (κ1) is 25.7. The maximum absolute atomic E-state index is 12.7. The van der Waals surface area contributed by atoms with E-state index in [9.17, 15) is 18.0 Å². The van der Waals surface area contributed by atoms with Crippen LogP contribution in [-0.4, -0.2) is 37.2 Å². The number of urea groups is 1. The Morgan fingerprint density at radius 1 is 1.00 bits per heavy atom. The van der Waals surface area contributed by atoms with Gasteiger partial charge < -0.3 is 19.5 Å². The number of aromatic nitrogens is 1. The second-order valence-electron chi connectivity index (χ2n) is 8.06. The van der Waals surface area contributed by atoms with Crippen molar-refractivity contribution in [1.29, 1.82) is 0 Å². The predicted octanol–water partition coefficient (Wildman–Crippen LogP) is 5.84. The van der Waals surface area contributed by atoms with E-state index in [1.165, 1.54) is 6.07 Å². The van der Waals surface area contributed by atoms with Gasteiger partial charge in [-0.3, -0.25) is 0 Å². The van der Waals surface area contributed by atoms with E-state index >= 15 is 0 Å². The second kappa shape index (κ2) is 11.6. The number of aliphatic imine (C=N–C) groups is 1. The van der Waals surface area contributed by atoms with E-state index < -0.39 is 17.8 Å². The number of rotatable bonds is 6. The molecule has 2 heterocycles. The predicted molar refractivity (Wildman–Crippen MR) is 132 cm³/mol. The summed E-state index contributed by atoms with van der Waals surface area (Å²) in [6.45, 7) is 0.701. The third-order valence-corrected chi connectivity index (χ3v) is 5.49. The number of hydrogen-bond acceptors (Lipinski definition) is 5. The zero-order valence-corrected chi connectivity index (χ0v) is 19.9. The molecule has 10 heteroatoms. The number of ether oxygens (including phenoxy) is 3. The van der Waals surface area contributed by atoms with Crippen molar-refractivity contribution >= 4 is 18.0 Å². The lowest BCUT2D eigenvalue weighted by atomic mass is 10.0. The van der Waals surface area contributed by atoms with E-state index in [1.54, 1.807) is 25.3 Å². The number of halogens is 3. The van der Waals surface area contributed by atoms with Crippen LogP contribution in [0.4, 0.5) is 18.0 Å². The molecule has 0 spiro atoms. The number of amides is 2. The number of carbonyl (C=O) groups is 1. The van der Waals surface area contributed by atoms with E-state index in [1.807, 2.05) is 36.4 Å². The van der Waals surface area contributed by atoms with Crippen LogP contribution >= 0.6 is 0 Å². The summed E-state index contributed by atoms with van der Waals surface area (Å²) < 4.78 is 54.5. The number of nitrogens with zero attached hydrogens (tertiary/aromatic N) is 2. The van der Waals surface area contributed by atoms with Crippen molar-refractivity contribution in [1.82, 2.24) is 10.3 Å². The van der Waals surface area contributed by atoms with Crippen molar-refractivity contribution in [2.45, 2.75) is 19.0 Å². The van der Waals surface area contributed by atoms with Gasteiger partial charge in [0.1, 0.15) is 11.5 Å². The van der Waals surface area contributed by atoms with Crippen LogP contribution in [0.5, 0.6) is 17.4 Å². The van der Waals surface area contributed by atoms with Crippen molar-refractivity contribution < 1.29 is 32.2 Å².